The third-order valence-corrected chi connectivity index (χ3v) is 5.68. The molecule has 0 aliphatic carbocycles. The standard InChI is InChI=1S/C24H27N5O4/c1-32-24(31)21-17-29(27-26-21)19-15-22(23(30)25-12-11-18-7-3-2-4-8-18)28(16-19)13-5-9-20-10-6-14-33-20/h2-10,14,17,19,22H,11-13,15-16H2,1H3,(H,25,30)/t19-,22-/m0/s1. The molecule has 0 bridgehead atoms. The van der Waals surface area contributed by atoms with Crippen LogP contribution in [0.1, 0.15) is 34.3 Å². The first-order valence-electron chi connectivity index (χ1n) is 10.9. The number of likely N-dealkylation sites (tertiary alicyclic amines) is 1. The zero-order valence-electron chi connectivity index (χ0n) is 18.5. The van der Waals surface area contributed by atoms with Crippen molar-refractivity contribution in [3.05, 3.63) is 78.0 Å². The Balaban J connectivity index is 1.42. The van der Waals surface area contributed by atoms with Gasteiger partial charge in [0.25, 0.3) is 0 Å². The average molecular weight is 450 g/mol. The fraction of sp³-hybridized carbons (Fsp3) is 0.333. The summed E-state index contributed by atoms with van der Waals surface area (Å²) in [5, 5.41) is 11.1. The summed E-state index contributed by atoms with van der Waals surface area (Å²) in [6, 6.07) is 13.4. The van der Waals surface area contributed by atoms with Crippen molar-refractivity contribution in [2.24, 2.45) is 0 Å². The van der Waals surface area contributed by atoms with Gasteiger partial charge in [0.05, 0.1) is 31.7 Å². The lowest BCUT2D eigenvalue weighted by molar-refractivity contribution is -0.125. The van der Waals surface area contributed by atoms with E-state index in [2.05, 4.69) is 20.5 Å². The maximum absolute atomic E-state index is 13.1. The summed E-state index contributed by atoms with van der Waals surface area (Å²) in [5.74, 6) is 0.203. The van der Waals surface area contributed by atoms with Gasteiger partial charge in [-0.3, -0.25) is 9.69 Å². The van der Waals surface area contributed by atoms with E-state index in [9.17, 15) is 9.59 Å². The van der Waals surface area contributed by atoms with Gasteiger partial charge in [-0.2, -0.15) is 0 Å². The summed E-state index contributed by atoms with van der Waals surface area (Å²) in [5.41, 5.74) is 1.33. The Bertz CT molecular complexity index is 1080. The molecule has 3 heterocycles. The van der Waals surface area contributed by atoms with Gasteiger partial charge in [-0.25, -0.2) is 9.48 Å². The second kappa shape index (κ2) is 10.7. The van der Waals surface area contributed by atoms with Crippen molar-refractivity contribution < 1.29 is 18.7 Å². The zero-order chi connectivity index (χ0) is 23.0. The molecule has 1 N–H and O–H groups in total. The molecule has 1 saturated heterocycles. The van der Waals surface area contributed by atoms with Crippen LogP contribution in [-0.2, 0) is 16.0 Å². The highest BCUT2D eigenvalue weighted by Gasteiger charge is 2.37. The number of benzene rings is 1. The molecular weight excluding hydrogens is 422 g/mol. The number of furan rings is 1. The summed E-state index contributed by atoms with van der Waals surface area (Å²) in [6.45, 7) is 1.74. The number of hydrogen-bond donors (Lipinski definition) is 1. The molecule has 2 atom stereocenters. The van der Waals surface area contributed by atoms with Crippen molar-refractivity contribution in [3.63, 3.8) is 0 Å². The van der Waals surface area contributed by atoms with E-state index in [-0.39, 0.29) is 23.7 Å². The van der Waals surface area contributed by atoms with Gasteiger partial charge in [0.1, 0.15) is 5.76 Å². The Morgan fingerprint density at radius 3 is 2.85 bits per heavy atom. The predicted octanol–water partition coefficient (Wildman–Crippen LogP) is 2.35. The molecule has 9 nitrogen and oxygen atoms in total. The van der Waals surface area contributed by atoms with Crippen molar-refractivity contribution >= 4 is 18.0 Å². The van der Waals surface area contributed by atoms with Gasteiger partial charge in [-0.15, -0.1) is 5.10 Å². The van der Waals surface area contributed by atoms with Gasteiger partial charge in [-0.05, 0) is 36.6 Å². The Labute approximate surface area is 192 Å². The number of carbonyl (C=O) groups excluding carboxylic acids is 2. The third kappa shape index (κ3) is 5.75. The molecule has 1 aliphatic rings. The maximum Gasteiger partial charge on any atom is 0.360 e. The summed E-state index contributed by atoms with van der Waals surface area (Å²) < 4.78 is 11.7. The van der Waals surface area contributed by atoms with Crippen LogP contribution in [0.3, 0.4) is 0 Å². The summed E-state index contributed by atoms with van der Waals surface area (Å²) in [6.07, 6.45) is 8.40. The SMILES string of the molecule is COC(=O)c1cn([C@H]2C[C@@H](C(=O)NCCc3ccccc3)N(CC=Cc3ccco3)C2)nn1. The van der Waals surface area contributed by atoms with Crippen LogP contribution in [0.25, 0.3) is 6.08 Å². The fourth-order valence-corrected chi connectivity index (χ4v) is 3.98. The van der Waals surface area contributed by atoms with Gasteiger partial charge in [-0.1, -0.05) is 41.6 Å². The number of ether oxygens (including phenoxy) is 1. The van der Waals surface area contributed by atoms with E-state index in [1.807, 2.05) is 54.6 Å². The van der Waals surface area contributed by atoms with Crippen molar-refractivity contribution in [2.45, 2.75) is 24.9 Å². The van der Waals surface area contributed by atoms with Crippen LogP contribution in [0.15, 0.2) is 65.4 Å². The first-order valence-corrected chi connectivity index (χ1v) is 10.9. The highest BCUT2D eigenvalue weighted by Crippen LogP contribution is 2.27. The minimum absolute atomic E-state index is 0.0202. The molecule has 172 valence electrons. The predicted molar refractivity (Wildman–Crippen MR) is 121 cm³/mol. The lowest BCUT2D eigenvalue weighted by Crippen LogP contribution is -2.43. The van der Waals surface area contributed by atoms with Crippen LogP contribution in [0.5, 0.6) is 0 Å². The number of esters is 1. The molecule has 2 aromatic heterocycles. The molecule has 0 spiro atoms. The van der Waals surface area contributed by atoms with Gasteiger partial charge < -0.3 is 14.5 Å². The molecule has 1 fully saturated rings. The Morgan fingerprint density at radius 2 is 2.09 bits per heavy atom. The highest BCUT2D eigenvalue weighted by molar-refractivity contribution is 5.86. The van der Waals surface area contributed by atoms with E-state index < -0.39 is 5.97 Å². The molecule has 3 aromatic rings. The lowest BCUT2D eigenvalue weighted by atomic mass is 10.1. The molecule has 9 heteroatoms. The lowest BCUT2D eigenvalue weighted by Gasteiger charge is -2.21. The van der Waals surface area contributed by atoms with E-state index in [4.69, 9.17) is 9.15 Å². The second-order valence-electron chi connectivity index (χ2n) is 7.88. The van der Waals surface area contributed by atoms with E-state index in [1.54, 1.807) is 17.1 Å². The van der Waals surface area contributed by atoms with Crippen LogP contribution in [0.4, 0.5) is 0 Å². The highest BCUT2D eigenvalue weighted by atomic mass is 16.5. The van der Waals surface area contributed by atoms with Crippen LogP contribution in [-0.4, -0.2) is 64.6 Å². The molecule has 0 saturated carbocycles. The maximum atomic E-state index is 13.1. The van der Waals surface area contributed by atoms with Crippen molar-refractivity contribution in [1.82, 2.24) is 25.2 Å². The number of aromatic nitrogens is 3. The molecule has 1 amide bonds. The average Bonchev–Trinajstić information content (AvgIpc) is 3.60. The first kappa shape index (κ1) is 22.5. The molecule has 1 aromatic carbocycles. The minimum Gasteiger partial charge on any atom is -0.465 e. The molecule has 0 radical (unpaired) electrons. The van der Waals surface area contributed by atoms with Crippen molar-refractivity contribution in [3.8, 4) is 0 Å². The number of carbonyl (C=O) groups is 2. The molecule has 0 unspecified atom stereocenters. The zero-order valence-corrected chi connectivity index (χ0v) is 18.5. The van der Waals surface area contributed by atoms with E-state index in [0.717, 1.165) is 12.2 Å². The van der Waals surface area contributed by atoms with Crippen molar-refractivity contribution in [2.75, 3.05) is 26.7 Å². The molecular formula is C24H27N5O4. The summed E-state index contributed by atoms with van der Waals surface area (Å²) in [4.78, 5) is 26.9. The number of rotatable bonds is 9. The first-order chi connectivity index (χ1) is 16.1. The molecule has 4 rings (SSSR count). The Kier molecular flexibility index (Phi) is 7.31. The monoisotopic (exact) mass is 449 g/mol. The minimum atomic E-state index is -0.535. The number of nitrogens with one attached hydrogen (secondary N) is 1. The van der Waals surface area contributed by atoms with Gasteiger partial charge >= 0.3 is 5.97 Å². The second-order valence-corrected chi connectivity index (χ2v) is 7.88. The molecule has 1 aliphatic heterocycles. The van der Waals surface area contributed by atoms with Gasteiger partial charge in [0.2, 0.25) is 5.91 Å². The van der Waals surface area contributed by atoms with E-state index in [0.29, 0.717) is 26.1 Å². The number of hydrogen-bond acceptors (Lipinski definition) is 7. The Hall–Kier alpha value is -3.72. The van der Waals surface area contributed by atoms with Crippen LogP contribution in [0.2, 0.25) is 0 Å². The number of methoxy groups -OCH3 is 1. The fourth-order valence-electron chi connectivity index (χ4n) is 3.98. The van der Waals surface area contributed by atoms with Crippen molar-refractivity contribution in [1.29, 1.82) is 0 Å². The third-order valence-electron chi connectivity index (χ3n) is 5.68. The van der Waals surface area contributed by atoms with Gasteiger partial charge in [0, 0.05) is 19.6 Å². The largest absolute Gasteiger partial charge is 0.465 e. The Morgan fingerprint density at radius 1 is 1.24 bits per heavy atom. The van der Waals surface area contributed by atoms with E-state index >= 15 is 0 Å². The molecule has 33 heavy (non-hydrogen) atoms. The number of amides is 1. The van der Waals surface area contributed by atoms with Crippen LogP contribution < -0.4 is 5.32 Å². The normalized spacial score (nSPS) is 18.6. The van der Waals surface area contributed by atoms with Crippen LogP contribution >= 0.6 is 0 Å². The smallest absolute Gasteiger partial charge is 0.360 e. The summed E-state index contributed by atoms with van der Waals surface area (Å²) in [7, 11) is 1.31. The van der Waals surface area contributed by atoms with Gasteiger partial charge in [0.15, 0.2) is 5.69 Å². The topological polar surface area (TPSA) is 102 Å². The van der Waals surface area contributed by atoms with E-state index in [1.165, 1.54) is 12.7 Å². The quantitative estimate of drug-likeness (QED) is 0.500. The number of nitrogens with zero attached hydrogens (tertiary/aromatic N) is 4. The van der Waals surface area contributed by atoms with Crippen LogP contribution in [0, 0.1) is 0 Å². The summed E-state index contributed by atoms with van der Waals surface area (Å²) >= 11 is 0.